The molecule has 1 saturated carbocycles. The number of rotatable bonds is 9. The van der Waals surface area contributed by atoms with Crippen LogP contribution in [0.1, 0.15) is 75.0 Å². The molecular formula is C38H38FN7O4. The second-order valence-electron chi connectivity index (χ2n) is 13.5. The summed E-state index contributed by atoms with van der Waals surface area (Å²) in [5.41, 5.74) is 3.99. The average molecular weight is 676 g/mol. The van der Waals surface area contributed by atoms with Crippen molar-refractivity contribution in [2.75, 3.05) is 20.6 Å². The molecular weight excluding hydrogens is 637 g/mol. The van der Waals surface area contributed by atoms with Crippen LogP contribution in [0.25, 0.3) is 11.5 Å². The van der Waals surface area contributed by atoms with E-state index in [0.717, 1.165) is 35.1 Å². The Kier molecular flexibility index (Phi) is 8.70. The number of aromatic nitrogens is 2. The molecule has 2 aliphatic carbocycles. The summed E-state index contributed by atoms with van der Waals surface area (Å²) in [6.45, 7) is 2.04. The minimum atomic E-state index is -1.09. The van der Waals surface area contributed by atoms with Gasteiger partial charge in [-0.15, -0.1) is 10.2 Å². The van der Waals surface area contributed by atoms with E-state index in [-0.39, 0.29) is 48.1 Å². The van der Waals surface area contributed by atoms with Crippen molar-refractivity contribution in [1.29, 1.82) is 5.26 Å². The van der Waals surface area contributed by atoms with Crippen LogP contribution in [0.3, 0.4) is 0 Å². The first kappa shape index (κ1) is 33.1. The molecule has 0 bridgehead atoms. The van der Waals surface area contributed by atoms with Crippen LogP contribution < -0.4 is 16.0 Å². The first-order valence-electron chi connectivity index (χ1n) is 16.9. The highest BCUT2D eigenvalue weighted by Gasteiger charge is 2.54. The number of likely N-dealkylation sites (tertiary alicyclic amines) is 1. The summed E-state index contributed by atoms with van der Waals surface area (Å²) >= 11 is 0. The number of carbonyl (C=O) groups is 3. The number of nitriles is 1. The zero-order valence-electron chi connectivity index (χ0n) is 28.1. The fourth-order valence-electron chi connectivity index (χ4n) is 7.88. The van der Waals surface area contributed by atoms with Crippen molar-refractivity contribution in [2.45, 2.75) is 62.6 Å². The summed E-state index contributed by atoms with van der Waals surface area (Å²) in [6, 6.07) is 18.7. The van der Waals surface area contributed by atoms with Gasteiger partial charge in [0.05, 0.1) is 12.6 Å². The SMILES string of the molecule is CNC(=O)c1ccc2c(c1)CCc1cc(C(=O)NC)ccc1C2(C[C@H](C)NCC(=O)N1C(C#N)C[C@@H]2C[C@@H]21)c1nnc(-c2ccc(F)cc2)o1. The van der Waals surface area contributed by atoms with Gasteiger partial charge < -0.3 is 25.3 Å². The number of halogens is 1. The van der Waals surface area contributed by atoms with Crippen molar-refractivity contribution in [1.82, 2.24) is 31.0 Å². The third-order valence-corrected chi connectivity index (χ3v) is 10.4. The maximum atomic E-state index is 13.8. The van der Waals surface area contributed by atoms with E-state index >= 15 is 0 Å². The summed E-state index contributed by atoms with van der Waals surface area (Å²) in [4.78, 5) is 40.8. The Morgan fingerprint density at radius 1 is 0.960 bits per heavy atom. The fraction of sp³-hybridized carbons (Fsp3) is 0.368. The van der Waals surface area contributed by atoms with Gasteiger partial charge >= 0.3 is 0 Å². The van der Waals surface area contributed by atoms with Crippen molar-refractivity contribution in [2.24, 2.45) is 5.92 Å². The lowest BCUT2D eigenvalue weighted by molar-refractivity contribution is -0.131. The number of hydrogen-bond acceptors (Lipinski definition) is 8. The number of hydrogen-bond donors (Lipinski definition) is 3. The van der Waals surface area contributed by atoms with Gasteiger partial charge in [-0.1, -0.05) is 12.1 Å². The normalized spacial score (nSPS) is 20.4. The van der Waals surface area contributed by atoms with Crippen LogP contribution in [-0.4, -0.2) is 71.6 Å². The second-order valence-corrected chi connectivity index (χ2v) is 13.5. The lowest BCUT2D eigenvalue weighted by Crippen LogP contribution is -2.46. The van der Waals surface area contributed by atoms with Gasteiger partial charge in [0.2, 0.25) is 17.7 Å². The molecule has 4 aromatic rings. The molecule has 1 aliphatic heterocycles. The lowest BCUT2D eigenvalue weighted by atomic mass is 9.68. The van der Waals surface area contributed by atoms with Gasteiger partial charge in [-0.25, -0.2) is 4.39 Å². The van der Waals surface area contributed by atoms with Gasteiger partial charge in [0.25, 0.3) is 11.8 Å². The van der Waals surface area contributed by atoms with E-state index in [0.29, 0.717) is 41.9 Å². The summed E-state index contributed by atoms with van der Waals surface area (Å²) < 4.78 is 20.4. The summed E-state index contributed by atoms with van der Waals surface area (Å²) in [6.07, 6.45) is 3.16. The Labute approximate surface area is 289 Å². The maximum Gasteiger partial charge on any atom is 0.251 e. The van der Waals surface area contributed by atoms with Crippen LogP contribution >= 0.6 is 0 Å². The monoisotopic (exact) mass is 675 g/mol. The van der Waals surface area contributed by atoms with Gasteiger partial charge in [-0.05, 0) is 116 Å². The summed E-state index contributed by atoms with van der Waals surface area (Å²) in [5.74, 6) is -0.0305. The van der Waals surface area contributed by atoms with Gasteiger partial charge in [0.1, 0.15) is 17.3 Å². The molecule has 11 nitrogen and oxygen atoms in total. The van der Waals surface area contributed by atoms with Crippen molar-refractivity contribution in [3.63, 3.8) is 0 Å². The summed E-state index contributed by atoms with van der Waals surface area (Å²) in [7, 11) is 3.17. The molecule has 0 radical (unpaired) electrons. The quantitative estimate of drug-likeness (QED) is 0.242. The third-order valence-electron chi connectivity index (χ3n) is 10.4. The minimum Gasteiger partial charge on any atom is -0.419 e. The molecule has 12 heteroatoms. The Morgan fingerprint density at radius 2 is 1.58 bits per heavy atom. The number of nitrogens with one attached hydrogen (secondary N) is 3. The topological polar surface area (TPSA) is 153 Å². The molecule has 256 valence electrons. The molecule has 1 saturated heterocycles. The van der Waals surface area contributed by atoms with E-state index in [1.807, 2.05) is 31.2 Å². The number of benzene rings is 3. The molecule has 50 heavy (non-hydrogen) atoms. The van der Waals surface area contributed by atoms with Crippen molar-refractivity contribution < 1.29 is 23.2 Å². The lowest BCUT2D eigenvalue weighted by Gasteiger charge is -2.36. The smallest absolute Gasteiger partial charge is 0.251 e. The van der Waals surface area contributed by atoms with Crippen LogP contribution in [0.4, 0.5) is 4.39 Å². The summed E-state index contributed by atoms with van der Waals surface area (Å²) in [5, 5.41) is 27.6. The second kappa shape index (κ2) is 13.1. The van der Waals surface area contributed by atoms with Crippen molar-refractivity contribution in [3.05, 3.63) is 106 Å². The molecule has 2 heterocycles. The number of piperidine rings is 1. The van der Waals surface area contributed by atoms with Crippen LogP contribution in [0.2, 0.25) is 0 Å². The van der Waals surface area contributed by atoms with E-state index in [1.54, 1.807) is 43.3 Å². The van der Waals surface area contributed by atoms with E-state index < -0.39 is 17.3 Å². The predicted octanol–water partition coefficient (Wildman–Crippen LogP) is 3.91. The zero-order valence-corrected chi connectivity index (χ0v) is 28.1. The molecule has 3 aliphatic rings. The number of nitrogens with zero attached hydrogens (tertiary/aromatic N) is 4. The van der Waals surface area contributed by atoms with Crippen LogP contribution in [0.5, 0.6) is 0 Å². The number of amides is 3. The standard InChI is InChI=1S/C38H38FN7O4/c1-21(43-20-33(47)46-29(19-40)16-27-17-32(27)46)18-38(37-45-44-36(50-37)22-6-10-28(39)11-7-22)30-12-8-25(34(48)41-2)14-23(30)4-5-24-15-26(35(49)42-3)9-13-31(24)38/h6-15,21,27,29,32,43H,4-5,16-18,20H2,1-3H3,(H,41,48)(H,42,49)/t21-,27+,29?,32-/m0/s1. The van der Waals surface area contributed by atoms with Gasteiger partial charge in [-0.2, -0.15) is 5.26 Å². The molecule has 3 aromatic carbocycles. The highest BCUT2D eigenvalue weighted by molar-refractivity contribution is 5.95. The molecule has 0 spiro atoms. The molecule has 1 unspecified atom stereocenters. The highest BCUT2D eigenvalue weighted by Crippen LogP contribution is 2.49. The highest BCUT2D eigenvalue weighted by atomic mass is 19.1. The Hall–Kier alpha value is -5.41. The Morgan fingerprint density at radius 3 is 2.16 bits per heavy atom. The Bertz CT molecular complexity index is 1950. The average Bonchev–Trinajstić information content (AvgIpc) is 3.57. The van der Waals surface area contributed by atoms with Crippen LogP contribution in [-0.2, 0) is 23.1 Å². The maximum absolute atomic E-state index is 13.8. The largest absolute Gasteiger partial charge is 0.419 e. The van der Waals surface area contributed by atoms with Crippen LogP contribution in [0.15, 0.2) is 65.1 Å². The predicted molar refractivity (Wildman–Crippen MR) is 181 cm³/mol. The minimum absolute atomic E-state index is 0.0498. The molecule has 3 N–H and O–H groups in total. The zero-order chi connectivity index (χ0) is 35.2. The van der Waals surface area contributed by atoms with E-state index in [1.165, 1.54) is 12.1 Å². The third kappa shape index (κ3) is 5.81. The van der Waals surface area contributed by atoms with E-state index in [4.69, 9.17) is 4.42 Å². The van der Waals surface area contributed by atoms with Gasteiger partial charge in [0.15, 0.2) is 0 Å². The Balaban J connectivity index is 1.35. The fourth-order valence-corrected chi connectivity index (χ4v) is 7.88. The molecule has 1 aromatic heterocycles. The van der Waals surface area contributed by atoms with Gasteiger partial charge in [-0.3, -0.25) is 14.4 Å². The molecule has 2 fully saturated rings. The van der Waals surface area contributed by atoms with Crippen molar-refractivity contribution >= 4 is 17.7 Å². The number of aryl methyl sites for hydroxylation is 2. The number of fused-ring (bicyclic) bond motifs is 3. The first-order chi connectivity index (χ1) is 24.2. The van der Waals surface area contributed by atoms with E-state index in [2.05, 4.69) is 32.2 Å². The van der Waals surface area contributed by atoms with Crippen LogP contribution in [0, 0.1) is 23.1 Å². The van der Waals surface area contributed by atoms with E-state index in [9.17, 15) is 24.0 Å². The van der Waals surface area contributed by atoms with Crippen molar-refractivity contribution in [3.8, 4) is 17.5 Å². The first-order valence-corrected chi connectivity index (χ1v) is 16.9. The number of carbonyl (C=O) groups excluding carboxylic acids is 3. The molecule has 3 amide bonds. The van der Waals surface area contributed by atoms with Gasteiger partial charge in [0, 0.05) is 42.9 Å². The molecule has 4 atom stereocenters. The molecule has 7 rings (SSSR count).